The first-order chi connectivity index (χ1) is 10.1. The van der Waals surface area contributed by atoms with Crippen LogP contribution in [0.5, 0.6) is 5.75 Å². The van der Waals surface area contributed by atoms with Gasteiger partial charge in [0.25, 0.3) is 0 Å². The zero-order valence-corrected chi connectivity index (χ0v) is 12.8. The molecule has 0 aromatic heterocycles. The van der Waals surface area contributed by atoms with Gasteiger partial charge in [-0.05, 0) is 30.9 Å². The number of ether oxygens (including phenoxy) is 1. The average Bonchev–Trinajstić information content (AvgIpc) is 2.49. The lowest BCUT2D eigenvalue weighted by Crippen LogP contribution is -2.43. The van der Waals surface area contributed by atoms with Crippen molar-refractivity contribution in [3.05, 3.63) is 30.1 Å². The molecule has 1 aromatic rings. The summed E-state index contributed by atoms with van der Waals surface area (Å²) in [6.07, 6.45) is 5.01. The smallest absolute Gasteiger partial charge is 0.225 e. The molecule has 0 spiro atoms. The molecule has 0 saturated heterocycles. The highest BCUT2D eigenvalue weighted by atomic mass is 19.1. The Morgan fingerprint density at radius 3 is 2.76 bits per heavy atom. The first-order valence-corrected chi connectivity index (χ1v) is 7.72. The van der Waals surface area contributed by atoms with Crippen LogP contribution in [0.4, 0.5) is 4.39 Å². The van der Waals surface area contributed by atoms with Crippen molar-refractivity contribution in [2.75, 3.05) is 13.7 Å². The molecule has 0 N–H and O–H groups in total. The van der Waals surface area contributed by atoms with Crippen molar-refractivity contribution in [3.63, 3.8) is 0 Å². The monoisotopic (exact) mass is 293 g/mol. The van der Waals surface area contributed by atoms with Gasteiger partial charge in [0, 0.05) is 13.1 Å². The highest BCUT2D eigenvalue weighted by Gasteiger charge is 2.27. The third kappa shape index (κ3) is 4.19. The van der Waals surface area contributed by atoms with E-state index >= 15 is 0 Å². The predicted octanol–water partition coefficient (Wildman–Crippen LogP) is 3.63. The van der Waals surface area contributed by atoms with Gasteiger partial charge in [-0.1, -0.05) is 31.9 Å². The van der Waals surface area contributed by atoms with Gasteiger partial charge in [0.2, 0.25) is 5.91 Å². The van der Waals surface area contributed by atoms with Crippen molar-refractivity contribution in [1.29, 1.82) is 0 Å². The molecule has 0 radical (unpaired) electrons. The van der Waals surface area contributed by atoms with Crippen LogP contribution in [0, 0.1) is 11.7 Å². The number of carbonyl (C=O) groups is 1. The topological polar surface area (TPSA) is 29.5 Å². The van der Waals surface area contributed by atoms with Crippen molar-refractivity contribution in [2.24, 2.45) is 5.92 Å². The van der Waals surface area contributed by atoms with E-state index in [0.717, 1.165) is 6.42 Å². The maximum Gasteiger partial charge on any atom is 0.225 e. The number of para-hydroxylation sites is 1. The predicted molar refractivity (Wildman–Crippen MR) is 80.7 cm³/mol. The van der Waals surface area contributed by atoms with Gasteiger partial charge in [-0.25, -0.2) is 4.39 Å². The van der Waals surface area contributed by atoms with Crippen LogP contribution in [0.1, 0.15) is 39.0 Å². The summed E-state index contributed by atoms with van der Waals surface area (Å²) in [5.74, 6) is 0.448. The summed E-state index contributed by atoms with van der Waals surface area (Å²) in [6, 6.07) is 6.60. The maximum atomic E-state index is 13.4. The lowest BCUT2D eigenvalue weighted by atomic mass is 9.85. The quantitative estimate of drug-likeness (QED) is 0.829. The fourth-order valence-electron chi connectivity index (χ4n) is 3.04. The van der Waals surface area contributed by atoms with Crippen LogP contribution in [0.15, 0.2) is 24.3 Å². The molecule has 1 amide bonds. The maximum absolute atomic E-state index is 13.4. The van der Waals surface area contributed by atoms with Crippen LogP contribution in [-0.4, -0.2) is 30.5 Å². The number of carbonyl (C=O) groups excluding carboxylic acids is 1. The Kier molecular flexibility index (Phi) is 5.59. The minimum Gasteiger partial charge on any atom is -0.490 e. The molecule has 1 fully saturated rings. The SMILES string of the molecule is CC1CCCCC1N(C)C(=O)CCOc1ccccc1F. The molecule has 3 nitrogen and oxygen atoms in total. The van der Waals surface area contributed by atoms with Gasteiger partial charge in [-0.3, -0.25) is 4.79 Å². The third-order valence-corrected chi connectivity index (χ3v) is 4.37. The fourth-order valence-corrected chi connectivity index (χ4v) is 3.04. The summed E-state index contributed by atoms with van der Waals surface area (Å²) in [7, 11) is 1.87. The average molecular weight is 293 g/mol. The molecule has 2 rings (SSSR count). The summed E-state index contributed by atoms with van der Waals surface area (Å²) < 4.78 is 18.7. The number of hydrogen-bond donors (Lipinski definition) is 0. The molecule has 0 bridgehead atoms. The molecule has 2 atom stereocenters. The Morgan fingerprint density at radius 1 is 1.33 bits per heavy atom. The van der Waals surface area contributed by atoms with Gasteiger partial charge >= 0.3 is 0 Å². The zero-order chi connectivity index (χ0) is 15.2. The lowest BCUT2D eigenvalue weighted by molar-refractivity contribution is -0.134. The van der Waals surface area contributed by atoms with Crippen molar-refractivity contribution in [1.82, 2.24) is 4.90 Å². The standard InChI is InChI=1S/C17H24FNO2/c1-13-7-3-5-9-15(13)19(2)17(20)11-12-21-16-10-6-4-8-14(16)18/h4,6,8,10,13,15H,3,5,7,9,11-12H2,1-2H3. The molecule has 116 valence electrons. The second kappa shape index (κ2) is 7.43. The molecule has 1 aliphatic carbocycles. The molecule has 1 saturated carbocycles. The number of rotatable bonds is 5. The van der Waals surface area contributed by atoms with Gasteiger partial charge in [0.05, 0.1) is 13.0 Å². The number of halogens is 1. The van der Waals surface area contributed by atoms with Crippen LogP contribution >= 0.6 is 0 Å². The van der Waals surface area contributed by atoms with Crippen LogP contribution < -0.4 is 4.74 Å². The molecule has 4 heteroatoms. The zero-order valence-electron chi connectivity index (χ0n) is 12.8. The molecule has 21 heavy (non-hydrogen) atoms. The summed E-state index contributed by atoms with van der Waals surface area (Å²) in [4.78, 5) is 14.1. The van der Waals surface area contributed by atoms with Crippen molar-refractivity contribution < 1.29 is 13.9 Å². The Hall–Kier alpha value is -1.58. The minimum absolute atomic E-state index is 0.0742. The van der Waals surface area contributed by atoms with Crippen LogP contribution in [0.2, 0.25) is 0 Å². The van der Waals surface area contributed by atoms with E-state index in [4.69, 9.17) is 4.74 Å². The largest absolute Gasteiger partial charge is 0.490 e. The van der Waals surface area contributed by atoms with Gasteiger partial charge in [-0.2, -0.15) is 0 Å². The number of nitrogens with zero attached hydrogens (tertiary/aromatic N) is 1. The fraction of sp³-hybridized carbons (Fsp3) is 0.588. The van der Waals surface area contributed by atoms with Crippen molar-refractivity contribution in [3.8, 4) is 5.75 Å². The van der Waals surface area contributed by atoms with Gasteiger partial charge in [-0.15, -0.1) is 0 Å². The summed E-state index contributed by atoms with van der Waals surface area (Å²) >= 11 is 0. The van der Waals surface area contributed by atoms with Gasteiger partial charge in [0.1, 0.15) is 0 Å². The van der Waals surface area contributed by atoms with Gasteiger partial charge < -0.3 is 9.64 Å². The first kappa shape index (κ1) is 15.8. The highest BCUT2D eigenvalue weighted by molar-refractivity contribution is 5.76. The molecule has 0 heterocycles. The van der Waals surface area contributed by atoms with E-state index in [1.807, 2.05) is 11.9 Å². The van der Waals surface area contributed by atoms with E-state index in [1.54, 1.807) is 18.2 Å². The van der Waals surface area contributed by atoms with E-state index in [-0.39, 0.29) is 30.5 Å². The van der Waals surface area contributed by atoms with Crippen LogP contribution in [0.25, 0.3) is 0 Å². The minimum atomic E-state index is -0.390. The van der Waals surface area contributed by atoms with Crippen LogP contribution in [0.3, 0.4) is 0 Å². The first-order valence-electron chi connectivity index (χ1n) is 7.72. The highest BCUT2D eigenvalue weighted by Crippen LogP contribution is 2.27. The number of hydrogen-bond acceptors (Lipinski definition) is 2. The molecule has 1 aliphatic rings. The van der Waals surface area contributed by atoms with Crippen molar-refractivity contribution in [2.45, 2.75) is 45.1 Å². The Labute approximate surface area is 126 Å². The summed E-state index contributed by atoms with van der Waals surface area (Å²) in [6.45, 7) is 2.43. The Morgan fingerprint density at radius 2 is 2.05 bits per heavy atom. The van der Waals surface area contributed by atoms with Crippen LogP contribution in [-0.2, 0) is 4.79 Å². The molecule has 2 unspecified atom stereocenters. The molecule has 1 aromatic carbocycles. The molecule has 0 aliphatic heterocycles. The van der Waals surface area contributed by atoms with E-state index in [0.29, 0.717) is 12.0 Å². The van der Waals surface area contributed by atoms with E-state index in [9.17, 15) is 9.18 Å². The number of benzene rings is 1. The van der Waals surface area contributed by atoms with E-state index < -0.39 is 0 Å². The Balaban J connectivity index is 1.80. The normalized spacial score (nSPS) is 21.9. The van der Waals surface area contributed by atoms with Crippen molar-refractivity contribution >= 4 is 5.91 Å². The Bertz CT molecular complexity index is 478. The number of amides is 1. The third-order valence-electron chi connectivity index (χ3n) is 4.37. The second-order valence-corrected chi connectivity index (χ2v) is 5.86. The second-order valence-electron chi connectivity index (χ2n) is 5.86. The van der Waals surface area contributed by atoms with Gasteiger partial charge in [0.15, 0.2) is 11.6 Å². The van der Waals surface area contributed by atoms with E-state index in [1.165, 1.54) is 25.3 Å². The molecular weight excluding hydrogens is 269 g/mol. The van der Waals surface area contributed by atoms with E-state index in [2.05, 4.69) is 6.92 Å². The lowest BCUT2D eigenvalue weighted by Gasteiger charge is -2.36. The summed E-state index contributed by atoms with van der Waals surface area (Å²) in [5.41, 5.74) is 0. The summed E-state index contributed by atoms with van der Waals surface area (Å²) in [5, 5.41) is 0. The molecular formula is C17H24FNO2.